The van der Waals surface area contributed by atoms with Crippen LogP contribution in [0.2, 0.25) is 0 Å². The van der Waals surface area contributed by atoms with Gasteiger partial charge in [0.15, 0.2) is 0 Å². The lowest BCUT2D eigenvalue weighted by molar-refractivity contribution is 0.165. The second-order valence-corrected chi connectivity index (χ2v) is 4.11. The highest BCUT2D eigenvalue weighted by atomic mass is 16.3. The summed E-state index contributed by atoms with van der Waals surface area (Å²) < 4.78 is 0. The summed E-state index contributed by atoms with van der Waals surface area (Å²) in [5, 5.41) is 12.3. The van der Waals surface area contributed by atoms with Gasteiger partial charge < -0.3 is 5.11 Å². The van der Waals surface area contributed by atoms with Gasteiger partial charge in [-0.25, -0.2) is 0 Å². The zero-order chi connectivity index (χ0) is 11.4. The molecule has 0 radical (unpaired) electrons. The molecule has 84 valence electrons. The van der Waals surface area contributed by atoms with Crippen molar-refractivity contribution in [2.24, 2.45) is 0 Å². The monoisotopic (exact) mass is 215 g/mol. The van der Waals surface area contributed by atoms with Crippen LogP contribution in [0.5, 0.6) is 0 Å². The van der Waals surface area contributed by atoms with Crippen LogP contribution in [-0.4, -0.2) is 10.1 Å². The molecule has 0 aliphatic rings. The fourth-order valence-electron chi connectivity index (χ4n) is 1.96. The first-order valence-electron chi connectivity index (χ1n) is 5.83. The van der Waals surface area contributed by atoms with Crippen molar-refractivity contribution in [3.8, 4) is 0 Å². The Labute approximate surface area is 96.0 Å². The SMILES string of the molecule is CCCCC(O)c1cncc2ccccc12. The molecule has 0 bridgehead atoms. The molecule has 1 N–H and O–H groups in total. The largest absolute Gasteiger partial charge is 0.388 e. The maximum Gasteiger partial charge on any atom is 0.0811 e. The zero-order valence-corrected chi connectivity index (χ0v) is 9.56. The van der Waals surface area contributed by atoms with Crippen LogP contribution in [0.25, 0.3) is 10.8 Å². The highest BCUT2D eigenvalue weighted by molar-refractivity contribution is 5.84. The van der Waals surface area contributed by atoms with Crippen LogP contribution in [0.4, 0.5) is 0 Å². The van der Waals surface area contributed by atoms with Crippen molar-refractivity contribution in [1.29, 1.82) is 0 Å². The predicted octanol–water partition coefficient (Wildman–Crippen LogP) is 3.46. The first-order valence-corrected chi connectivity index (χ1v) is 5.83. The molecule has 16 heavy (non-hydrogen) atoms. The smallest absolute Gasteiger partial charge is 0.0811 e. The number of benzene rings is 1. The van der Waals surface area contributed by atoms with Gasteiger partial charge in [0, 0.05) is 23.3 Å². The Morgan fingerprint density at radius 1 is 1.25 bits per heavy atom. The van der Waals surface area contributed by atoms with Gasteiger partial charge in [0.05, 0.1) is 6.10 Å². The van der Waals surface area contributed by atoms with Crippen molar-refractivity contribution < 1.29 is 5.11 Å². The number of aliphatic hydroxyl groups excluding tert-OH is 1. The van der Waals surface area contributed by atoms with Crippen LogP contribution in [0, 0.1) is 0 Å². The van der Waals surface area contributed by atoms with Crippen molar-refractivity contribution in [3.63, 3.8) is 0 Å². The molecule has 0 saturated carbocycles. The van der Waals surface area contributed by atoms with E-state index in [1.54, 1.807) is 6.20 Å². The number of aliphatic hydroxyl groups is 1. The van der Waals surface area contributed by atoms with Gasteiger partial charge in [0.1, 0.15) is 0 Å². The number of hydrogen-bond donors (Lipinski definition) is 1. The molecule has 1 aromatic heterocycles. The number of unbranched alkanes of at least 4 members (excludes halogenated alkanes) is 1. The minimum atomic E-state index is -0.390. The highest BCUT2D eigenvalue weighted by Gasteiger charge is 2.10. The van der Waals surface area contributed by atoms with Crippen molar-refractivity contribution in [2.75, 3.05) is 0 Å². The maximum absolute atomic E-state index is 10.1. The van der Waals surface area contributed by atoms with Crippen molar-refractivity contribution in [2.45, 2.75) is 32.3 Å². The predicted molar refractivity (Wildman–Crippen MR) is 66.2 cm³/mol. The number of hydrogen-bond acceptors (Lipinski definition) is 2. The van der Waals surface area contributed by atoms with Crippen LogP contribution < -0.4 is 0 Å². The van der Waals surface area contributed by atoms with Gasteiger partial charge in [0.2, 0.25) is 0 Å². The van der Waals surface area contributed by atoms with Gasteiger partial charge in [-0.2, -0.15) is 0 Å². The molecule has 0 aliphatic carbocycles. The Hall–Kier alpha value is -1.41. The second kappa shape index (κ2) is 5.08. The molecule has 2 nitrogen and oxygen atoms in total. The molecule has 1 heterocycles. The van der Waals surface area contributed by atoms with Gasteiger partial charge in [-0.3, -0.25) is 4.98 Å². The number of nitrogens with zero attached hydrogens (tertiary/aromatic N) is 1. The molecule has 0 fully saturated rings. The lowest BCUT2D eigenvalue weighted by atomic mass is 10.00. The summed E-state index contributed by atoms with van der Waals surface area (Å²) in [4.78, 5) is 4.18. The van der Waals surface area contributed by atoms with E-state index in [1.807, 2.05) is 30.5 Å². The molecule has 1 unspecified atom stereocenters. The third-order valence-electron chi connectivity index (χ3n) is 2.89. The van der Waals surface area contributed by atoms with E-state index in [-0.39, 0.29) is 0 Å². The molecular weight excluding hydrogens is 198 g/mol. The molecule has 2 rings (SSSR count). The van der Waals surface area contributed by atoms with E-state index in [0.717, 1.165) is 35.6 Å². The molecule has 2 aromatic rings. The first-order chi connectivity index (χ1) is 7.83. The molecule has 1 atom stereocenters. The fourth-order valence-corrected chi connectivity index (χ4v) is 1.96. The lowest BCUT2D eigenvalue weighted by Crippen LogP contribution is -1.99. The normalized spacial score (nSPS) is 12.9. The topological polar surface area (TPSA) is 33.1 Å². The minimum Gasteiger partial charge on any atom is -0.388 e. The quantitative estimate of drug-likeness (QED) is 0.847. The second-order valence-electron chi connectivity index (χ2n) is 4.11. The summed E-state index contributed by atoms with van der Waals surface area (Å²) in [6.45, 7) is 2.13. The van der Waals surface area contributed by atoms with E-state index in [2.05, 4.69) is 11.9 Å². The van der Waals surface area contributed by atoms with Crippen LogP contribution in [-0.2, 0) is 0 Å². The average Bonchev–Trinajstić information content (AvgIpc) is 2.35. The highest BCUT2D eigenvalue weighted by Crippen LogP contribution is 2.26. The van der Waals surface area contributed by atoms with Gasteiger partial charge in [-0.05, 0) is 11.8 Å². The Balaban J connectivity index is 2.36. The summed E-state index contributed by atoms with van der Waals surface area (Å²) in [5.41, 5.74) is 0.951. The standard InChI is InChI=1S/C14H17NO/c1-2-3-8-14(16)13-10-15-9-11-6-4-5-7-12(11)13/h4-7,9-10,14,16H,2-3,8H2,1H3. The van der Waals surface area contributed by atoms with Gasteiger partial charge >= 0.3 is 0 Å². The Morgan fingerprint density at radius 2 is 2.06 bits per heavy atom. The van der Waals surface area contributed by atoms with Crippen LogP contribution >= 0.6 is 0 Å². The van der Waals surface area contributed by atoms with Gasteiger partial charge in [0.25, 0.3) is 0 Å². The summed E-state index contributed by atoms with van der Waals surface area (Å²) in [5.74, 6) is 0. The summed E-state index contributed by atoms with van der Waals surface area (Å²) in [7, 11) is 0. The van der Waals surface area contributed by atoms with Crippen LogP contribution in [0.1, 0.15) is 37.9 Å². The molecule has 1 aromatic carbocycles. The van der Waals surface area contributed by atoms with E-state index in [9.17, 15) is 5.11 Å². The summed E-state index contributed by atoms with van der Waals surface area (Å²) in [6, 6.07) is 8.06. The maximum atomic E-state index is 10.1. The minimum absolute atomic E-state index is 0.390. The number of pyridine rings is 1. The number of fused-ring (bicyclic) bond motifs is 1. The Kier molecular flexibility index (Phi) is 3.52. The van der Waals surface area contributed by atoms with E-state index in [1.165, 1.54) is 0 Å². The van der Waals surface area contributed by atoms with Crippen LogP contribution in [0.15, 0.2) is 36.7 Å². The third kappa shape index (κ3) is 2.22. The number of rotatable bonds is 4. The number of aromatic nitrogens is 1. The molecule has 0 saturated heterocycles. The fraction of sp³-hybridized carbons (Fsp3) is 0.357. The molecular formula is C14H17NO. The van der Waals surface area contributed by atoms with Crippen LogP contribution in [0.3, 0.4) is 0 Å². The van der Waals surface area contributed by atoms with Crippen molar-refractivity contribution in [1.82, 2.24) is 4.98 Å². The van der Waals surface area contributed by atoms with Crippen molar-refractivity contribution in [3.05, 3.63) is 42.2 Å². The van der Waals surface area contributed by atoms with Crippen molar-refractivity contribution >= 4 is 10.8 Å². The summed E-state index contributed by atoms with van der Waals surface area (Å²) in [6.07, 6.45) is 6.19. The van der Waals surface area contributed by atoms with Gasteiger partial charge in [-0.15, -0.1) is 0 Å². The Bertz CT molecular complexity index is 462. The Morgan fingerprint density at radius 3 is 2.88 bits per heavy atom. The first kappa shape index (κ1) is 11.1. The lowest BCUT2D eigenvalue weighted by Gasteiger charge is -2.12. The molecule has 2 heteroatoms. The zero-order valence-electron chi connectivity index (χ0n) is 9.56. The average molecular weight is 215 g/mol. The third-order valence-corrected chi connectivity index (χ3v) is 2.89. The van der Waals surface area contributed by atoms with E-state index in [0.29, 0.717) is 0 Å². The van der Waals surface area contributed by atoms with E-state index < -0.39 is 6.10 Å². The van der Waals surface area contributed by atoms with E-state index in [4.69, 9.17) is 0 Å². The molecule has 0 amide bonds. The molecule has 0 aliphatic heterocycles. The van der Waals surface area contributed by atoms with Gasteiger partial charge in [-0.1, -0.05) is 44.0 Å². The molecule has 0 spiro atoms. The summed E-state index contributed by atoms with van der Waals surface area (Å²) >= 11 is 0. The van der Waals surface area contributed by atoms with E-state index >= 15 is 0 Å².